The lowest BCUT2D eigenvalue weighted by molar-refractivity contribution is -0.132. The van der Waals surface area contributed by atoms with E-state index in [1.165, 1.54) is 5.56 Å². The van der Waals surface area contributed by atoms with Gasteiger partial charge in [0.25, 0.3) is 5.56 Å². The molecule has 0 saturated carbocycles. The first-order valence-electron chi connectivity index (χ1n) is 14.8. The van der Waals surface area contributed by atoms with Crippen molar-refractivity contribution >= 4 is 27.5 Å². The van der Waals surface area contributed by atoms with Crippen LogP contribution < -0.4 is 5.56 Å². The summed E-state index contributed by atoms with van der Waals surface area (Å²) in [4.78, 5) is 39.0. The largest absolute Gasteiger partial charge is 0.336 e. The van der Waals surface area contributed by atoms with Crippen LogP contribution in [0.25, 0.3) is 10.2 Å². The number of carbonyl (C=O) groups excluding carboxylic acids is 1. The zero-order valence-corrected chi connectivity index (χ0v) is 24.4. The fourth-order valence-corrected chi connectivity index (χ4v) is 7.79. The van der Waals surface area contributed by atoms with Crippen molar-refractivity contribution < 1.29 is 4.79 Å². The Morgan fingerprint density at radius 3 is 2.12 bits per heavy atom. The van der Waals surface area contributed by atoms with Crippen LogP contribution in [-0.4, -0.2) is 44.9 Å². The third kappa shape index (κ3) is 5.19. The number of amides is 1. The predicted molar refractivity (Wildman–Crippen MR) is 168 cm³/mol. The maximum atomic E-state index is 14.0. The summed E-state index contributed by atoms with van der Waals surface area (Å²) in [5, 5.41) is 0.763. The summed E-state index contributed by atoms with van der Waals surface area (Å²) in [6, 6.07) is 30.8. The molecule has 6 nitrogen and oxygen atoms in total. The Bertz CT molecular complexity index is 1700. The number of likely N-dealkylation sites (tertiary alicyclic amines) is 1. The summed E-state index contributed by atoms with van der Waals surface area (Å²) in [5.41, 5.74) is 4.48. The molecule has 5 aromatic rings. The van der Waals surface area contributed by atoms with Crippen molar-refractivity contribution in [3.05, 3.63) is 135 Å². The molecule has 42 heavy (non-hydrogen) atoms. The summed E-state index contributed by atoms with van der Waals surface area (Å²) in [5.74, 6) is -0.255. The van der Waals surface area contributed by atoms with Gasteiger partial charge in [0.1, 0.15) is 4.83 Å². The van der Waals surface area contributed by atoms with Crippen molar-refractivity contribution in [2.45, 2.75) is 44.3 Å². The molecule has 2 aliphatic heterocycles. The topological polar surface area (TPSA) is 58.4 Å². The van der Waals surface area contributed by atoms with Crippen molar-refractivity contribution in [2.75, 3.05) is 19.6 Å². The Balaban J connectivity index is 1.11. The average molecular weight is 575 g/mol. The SMILES string of the molecule is O=C(C(c1ccccc1)c1ccccc1)N1CCc2c(sc3ncn(C4CCN(Cc5ccccc5)CC4)c(=O)c23)C1. The Morgan fingerprint density at radius 2 is 1.48 bits per heavy atom. The molecule has 1 saturated heterocycles. The molecule has 0 atom stereocenters. The lowest BCUT2D eigenvalue weighted by Gasteiger charge is -2.33. The van der Waals surface area contributed by atoms with E-state index in [0.717, 1.165) is 64.3 Å². The number of thiophene rings is 1. The number of hydrogen-bond acceptors (Lipinski definition) is 5. The van der Waals surface area contributed by atoms with Crippen LogP contribution in [0.5, 0.6) is 0 Å². The molecular weight excluding hydrogens is 540 g/mol. The molecule has 0 radical (unpaired) electrons. The zero-order valence-electron chi connectivity index (χ0n) is 23.6. The molecule has 1 amide bonds. The van der Waals surface area contributed by atoms with Crippen LogP contribution in [0, 0.1) is 0 Å². The highest BCUT2D eigenvalue weighted by Gasteiger charge is 2.32. The third-order valence-electron chi connectivity index (χ3n) is 8.81. The lowest BCUT2D eigenvalue weighted by Crippen LogP contribution is -2.39. The molecule has 7 rings (SSSR count). The van der Waals surface area contributed by atoms with Crippen LogP contribution in [0.2, 0.25) is 0 Å². The fraction of sp³-hybridized carbons (Fsp3) is 0.286. The van der Waals surface area contributed by atoms with E-state index in [9.17, 15) is 9.59 Å². The molecular formula is C35H34N4O2S. The smallest absolute Gasteiger partial charge is 0.262 e. The molecule has 0 spiro atoms. The van der Waals surface area contributed by atoms with Gasteiger partial charge in [-0.25, -0.2) is 4.98 Å². The van der Waals surface area contributed by atoms with E-state index < -0.39 is 0 Å². The minimum Gasteiger partial charge on any atom is -0.336 e. The average Bonchev–Trinajstić information content (AvgIpc) is 3.42. The van der Waals surface area contributed by atoms with Crippen LogP contribution in [0.1, 0.15) is 51.9 Å². The quantitative estimate of drug-likeness (QED) is 0.249. The molecule has 1 fully saturated rings. The van der Waals surface area contributed by atoms with E-state index in [-0.39, 0.29) is 23.4 Å². The Kier molecular flexibility index (Phi) is 7.44. The van der Waals surface area contributed by atoms with Crippen LogP contribution in [0.4, 0.5) is 0 Å². The van der Waals surface area contributed by atoms with Gasteiger partial charge >= 0.3 is 0 Å². The number of aromatic nitrogens is 2. The van der Waals surface area contributed by atoms with Gasteiger partial charge in [-0.1, -0.05) is 91.0 Å². The van der Waals surface area contributed by atoms with Gasteiger partial charge in [-0.3, -0.25) is 19.1 Å². The van der Waals surface area contributed by atoms with E-state index in [2.05, 4.69) is 35.2 Å². The summed E-state index contributed by atoms with van der Waals surface area (Å²) in [6.07, 6.45) is 4.31. The highest BCUT2D eigenvalue weighted by Crippen LogP contribution is 2.35. The van der Waals surface area contributed by atoms with Gasteiger partial charge in [0.2, 0.25) is 5.91 Å². The van der Waals surface area contributed by atoms with Gasteiger partial charge < -0.3 is 4.90 Å². The minimum absolute atomic E-state index is 0.0743. The van der Waals surface area contributed by atoms with Gasteiger partial charge in [-0.15, -0.1) is 11.3 Å². The number of benzene rings is 3. The second kappa shape index (κ2) is 11.7. The lowest BCUT2D eigenvalue weighted by atomic mass is 9.89. The summed E-state index contributed by atoms with van der Waals surface area (Å²) < 4.78 is 1.88. The molecule has 0 aliphatic carbocycles. The maximum absolute atomic E-state index is 14.0. The summed E-state index contributed by atoms with van der Waals surface area (Å²) >= 11 is 1.57. The van der Waals surface area contributed by atoms with Crippen LogP contribution in [0.3, 0.4) is 0 Å². The van der Waals surface area contributed by atoms with Gasteiger partial charge in [-0.2, -0.15) is 0 Å². The molecule has 2 aromatic heterocycles. The van der Waals surface area contributed by atoms with E-state index in [1.807, 2.05) is 70.1 Å². The molecule has 0 bridgehead atoms. The molecule has 2 aliphatic rings. The standard InChI is InChI=1S/C35H34N4O2S/c40-34(31(26-12-6-2-7-13-26)27-14-8-3-9-15-27)38-21-18-29-30(23-38)42-33-32(29)35(41)39(24-36-33)28-16-19-37(20-17-28)22-25-10-4-1-5-11-25/h1-15,24,28,31H,16-23H2. The van der Waals surface area contributed by atoms with Crippen molar-refractivity contribution in [1.82, 2.24) is 19.4 Å². The Labute approximate surface area is 249 Å². The number of nitrogens with zero attached hydrogens (tertiary/aromatic N) is 4. The third-order valence-corrected chi connectivity index (χ3v) is 9.93. The van der Waals surface area contributed by atoms with Crippen molar-refractivity contribution in [3.8, 4) is 0 Å². The first kappa shape index (κ1) is 26.8. The second-order valence-electron chi connectivity index (χ2n) is 11.4. The first-order valence-corrected chi connectivity index (χ1v) is 15.6. The van der Waals surface area contributed by atoms with Crippen molar-refractivity contribution in [1.29, 1.82) is 0 Å². The highest BCUT2D eigenvalue weighted by atomic mass is 32.1. The van der Waals surface area contributed by atoms with Crippen LogP contribution >= 0.6 is 11.3 Å². The molecule has 212 valence electrons. The summed E-state index contributed by atoms with van der Waals surface area (Å²) in [6.45, 7) is 3.99. The molecule has 3 aromatic carbocycles. The van der Waals surface area contributed by atoms with E-state index >= 15 is 0 Å². The van der Waals surface area contributed by atoms with Crippen LogP contribution in [-0.2, 0) is 24.3 Å². The fourth-order valence-electron chi connectivity index (χ4n) is 6.59. The highest BCUT2D eigenvalue weighted by molar-refractivity contribution is 7.18. The maximum Gasteiger partial charge on any atom is 0.262 e. The Morgan fingerprint density at radius 1 is 0.857 bits per heavy atom. The second-order valence-corrected chi connectivity index (χ2v) is 12.5. The van der Waals surface area contributed by atoms with E-state index in [0.29, 0.717) is 19.5 Å². The normalized spacial score (nSPS) is 16.2. The van der Waals surface area contributed by atoms with Gasteiger partial charge in [-0.05, 0) is 41.5 Å². The number of fused-ring (bicyclic) bond motifs is 3. The molecule has 0 unspecified atom stereocenters. The molecule has 4 heterocycles. The van der Waals surface area contributed by atoms with E-state index in [1.54, 1.807) is 17.7 Å². The van der Waals surface area contributed by atoms with Gasteiger partial charge in [0.05, 0.1) is 24.2 Å². The van der Waals surface area contributed by atoms with E-state index in [4.69, 9.17) is 4.98 Å². The van der Waals surface area contributed by atoms with Crippen molar-refractivity contribution in [2.24, 2.45) is 0 Å². The Hall–Kier alpha value is -4.07. The van der Waals surface area contributed by atoms with Crippen LogP contribution in [0.15, 0.2) is 102 Å². The monoisotopic (exact) mass is 574 g/mol. The zero-order chi connectivity index (χ0) is 28.5. The first-order chi connectivity index (χ1) is 20.7. The molecule has 7 heteroatoms. The van der Waals surface area contributed by atoms with Crippen molar-refractivity contribution in [3.63, 3.8) is 0 Å². The number of hydrogen-bond donors (Lipinski definition) is 0. The summed E-state index contributed by atoms with van der Waals surface area (Å²) in [7, 11) is 0. The van der Waals surface area contributed by atoms with Gasteiger partial charge in [0, 0.05) is 37.1 Å². The number of carbonyl (C=O) groups is 1. The number of rotatable bonds is 6. The number of piperidine rings is 1. The van der Waals surface area contributed by atoms with Gasteiger partial charge in [0.15, 0.2) is 0 Å². The molecule has 0 N–H and O–H groups in total. The predicted octanol–water partition coefficient (Wildman–Crippen LogP) is 6.01. The minimum atomic E-state index is -0.355.